The average Bonchev–Trinajstić information content (AvgIpc) is 3.15. The lowest BCUT2D eigenvalue weighted by Gasteiger charge is -2.11. The lowest BCUT2D eigenvalue weighted by atomic mass is 10.3. The summed E-state index contributed by atoms with van der Waals surface area (Å²) in [5, 5.41) is 2.95. The third-order valence-corrected chi connectivity index (χ3v) is 8.01. The van der Waals surface area contributed by atoms with Crippen molar-refractivity contribution in [2.45, 2.75) is 21.2 Å². The number of carbonyl (C=O) groups is 1. The summed E-state index contributed by atoms with van der Waals surface area (Å²) in [6.07, 6.45) is 1.13. The lowest BCUT2D eigenvalue weighted by molar-refractivity contribution is -0.113. The minimum absolute atomic E-state index is 0.00648. The number of nitrogens with one attached hydrogen (secondary N) is 1. The van der Waals surface area contributed by atoms with E-state index in [4.69, 9.17) is 22.1 Å². The fraction of sp³-hybridized carbons (Fsp3) is 0.167. The second kappa shape index (κ2) is 9.65. The third kappa shape index (κ3) is 5.22. The van der Waals surface area contributed by atoms with E-state index in [-0.39, 0.29) is 31.7 Å². The second-order valence-corrected chi connectivity index (χ2v) is 10.5. The molecule has 1 aromatic carbocycles. The summed E-state index contributed by atoms with van der Waals surface area (Å²) in [5.41, 5.74) is 6.40. The number of ether oxygens (including phenoxy) is 1. The number of anilines is 2. The Balaban J connectivity index is 1.67. The molecule has 0 fully saturated rings. The van der Waals surface area contributed by atoms with Gasteiger partial charge in [-0.15, -0.1) is 11.3 Å². The Morgan fingerprint density at radius 3 is 2.73 bits per heavy atom. The van der Waals surface area contributed by atoms with Gasteiger partial charge in [-0.2, -0.15) is 0 Å². The summed E-state index contributed by atoms with van der Waals surface area (Å²) >= 11 is 7.77. The molecule has 3 aromatic rings. The van der Waals surface area contributed by atoms with Gasteiger partial charge in [-0.25, -0.2) is 18.4 Å². The van der Waals surface area contributed by atoms with E-state index >= 15 is 0 Å². The number of halogens is 1. The van der Waals surface area contributed by atoms with Crippen LogP contribution < -0.4 is 15.8 Å². The number of benzene rings is 1. The van der Waals surface area contributed by atoms with Crippen LogP contribution in [0.25, 0.3) is 0 Å². The number of para-hydroxylation sites is 2. The number of hydrogen-bond acceptors (Lipinski definition) is 9. The maximum atomic E-state index is 12.6. The number of amides is 1. The van der Waals surface area contributed by atoms with E-state index in [0.717, 1.165) is 29.3 Å². The van der Waals surface area contributed by atoms with Crippen molar-refractivity contribution in [1.82, 2.24) is 9.97 Å². The number of aromatic nitrogens is 2. The highest BCUT2D eigenvalue weighted by atomic mass is 35.5. The van der Waals surface area contributed by atoms with Crippen molar-refractivity contribution in [2.75, 3.05) is 23.4 Å². The topological polar surface area (TPSA) is 124 Å². The zero-order chi connectivity index (χ0) is 21.7. The van der Waals surface area contributed by atoms with Crippen molar-refractivity contribution in [3.05, 3.63) is 46.9 Å². The van der Waals surface area contributed by atoms with Crippen LogP contribution in [0.1, 0.15) is 6.92 Å². The first-order valence-corrected chi connectivity index (χ1v) is 12.2. The molecule has 8 nitrogen and oxygen atoms in total. The quantitative estimate of drug-likeness (QED) is 0.366. The highest BCUT2D eigenvalue weighted by Gasteiger charge is 2.24. The van der Waals surface area contributed by atoms with Crippen molar-refractivity contribution in [1.29, 1.82) is 0 Å². The van der Waals surface area contributed by atoms with E-state index in [1.165, 1.54) is 12.1 Å². The smallest absolute Gasteiger partial charge is 0.234 e. The molecule has 1 amide bonds. The Morgan fingerprint density at radius 2 is 2.07 bits per heavy atom. The van der Waals surface area contributed by atoms with E-state index in [1.807, 2.05) is 13.0 Å². The van der Waals surface area contributed by atoms with E-state index in [1.54, 1.807) is 18.2 Å². The Morgan fingerprint density at radius 1 is 1.30 bits per heavy atom. The minimum atomic E-state index is -3.87. The average molecular weight is 485 g/mol. The van der Waals surface area contributed by atoms with E-state index in [0.29, 0.717) is 22.4 Å². The van der Waals surface area contributed by atoms with Crippen molar-refractivity contribution in [2.24, 2.45) is 0 Å². The molecule has 0 bridgehead atoms. The molecule has 2 heterocycles. The van der Waals surface area contributed by atoms with Crippen LogP contribution in [0.4, 0.5) is 11.5 Å². The van der Waals surface area contributed by atoms with Gasteiger partial charge >= 0.3 is 0 Å². The molecular formula is C18H17ClN4O4S3. The first-order valence-electron chi connectivity index (χ1n) is 8.58. The number of thiophene rings is 1. The second-order valence-electron chi connectivity index (χ2n) is 5.73. The predicted octanol–water partition coefficient (Wildman–Crippen LogP) is 3.74. The Kier molecular flexibility index (Phi) is 7.19. The van der Waals surface area contributed by atoms with Crippen molar-refractivity contribution < 1.29 is 17.9 Å². The van der Waals surface area contributed by atoms with E-state index in [2.05, 4.69) is 15.3 Å². The summed E-state index contributed by atoms with van der Waals surface area (Å²) in [4.78, 5) is 20.1. The monoisotopic (exact) mass is 484 g/mol. The van der Waals surface area contributed by atoms with Crippen LogP contribution in [-0.4, -0.2) is 36.7 Å². The highest BCUT2D eigenvalue weighted by molar-refractivity contribution is 7.99. The molecule has 30 heavy (non-hydrogen) atoms. The molecule has 2 aromatic heterocycles. The minimum Gasteiger partial charge on any atom is -0.492 e. The Hall–Kier alpha value is -2.34. The standard InChI is InChI=1S/C18H17ClN4O4S3/c1-2-27-12-6-4-3-5-11(12)22-15(24)10-28-18-21-9-13(17(20)23-18)30(25,26)16-8-7-14(19)29-16/h3-9H,2,10H2,1H3,(H,22,24)(H2,20,21,23). The van der Waals surface area contributed by atoms with Crippen LogP contribution in [-0.2, 0) is 14.6 Å². The molecule has 3 rings (SSSR count). The largest absolute Gasteiger partial charge is 0.492 e. The van der Waals surface area contributed by atoms with Crippen molar-refractivity contribution >= 4 is 61.9 Å². The summed E-state index contributed by atoms with van der Waals surface area (Å²) in [6.45, 7) is 2.33. The summed E-state index contributed by atoms with van der Waals surface area (Å²) in [6, 6.07) is 9.98. The molecule has 0 aliphatic rings. The molecule has 0 saturated heterocycles. The Labute approximate surface area is 186 Å². The number of carbonyl (C=O) groups excluding carboxylic acids is 1. The molecule has 158 valence electrons. The maximum absolute atomic E-state index is 12.6. The van der Waals surface area contributed by atoms with Gasteiger partial charge in [-0.3, -0.25) is 4.79 Å². The van der Waals surface area contributed by atoms with Crippen LogP contribution in [0.3, 0.4) is 0 Å². The van der Waals surface area contributed by atoms with Gasteiger partial charge in [-0.05, 0) is 31.2 Å². The number of hydrogen-bond donors (Lipinski definition) is 2. The molecule has 0 atom stereocenters. The van der Waals surface area contributed by atoms with Gasteiger partial charge in [0.05, 0.1) is 28.6 Å². The molecular weight excluding hydrogens is 468 g/mol. The number of sulfone groups is 1. The van der Waals surface area contributed by atoms with E-state index < -0.39 is 9.84 Å². The number of rotatable bonds is 8. The summed E-state index contributed by atoms with van der Waals surface area (Å²) in [7, 11) is -3.87. The zero-order valence-electron chi connectivity index (χ0n) is 15.7. The predicted molar refractivity (Wildman–Crippen MR) is 118 cm³/mol. The molecule has 3 N–H and O–H groups in total. The van der Waals surface area contributed by atoms with Crippen LogP contribution in [0.2, 0.25) is 4.34 Å². The van der Waals surface area contributed by atoms with Crippen molar-refractivity contribution in [3.8, 4) is 5.75 Å². The molecule has 12 heteroatoms. The third-order valence-electron chi connectivity index (χ3n) is 3.66. The van der Waals surface area contributed by atoms with Crippen molar-refractivity contribution in [3.63, 3.8) is 0 Å². The van der Waals surface area contributed by atoms with Gasteiger partial charge in [-0.1, -0.05) is 35.5 Å². The van der Waals surface area contributed by atoms with Crippen LogP contribution >= 0.6 is 34.7 Å². The van der Waals surface area contributed by atoms with Gasteiger partial charge in [0.25, 0.3) is 0 Å². The SMILES string of the molecule is CCOc1ccccc1NC(=O)CSc1ncc(S(=O)(=O)c2ccc(Cl)s2)c(N)n1. The molecule has 0 spiro atoms. The number of nitrogens with zero attached hydrogens (tertiary/aromatic N) is 2. The fourth-order valence-electron chi connectivity index (χ4n) is 2.36. The molecule has 0 unspecified atom stereocenters. The number of nitrogens with two attached hydrogens (primary N) is 1. The Bertz CT molecular complexity index is 1170. The summed E-state index contributed by atoms with van der Waals surface area (Å²) in [5.74, 6) is 0.0902. The number of thioether (sulfide) groups is 1. The molecule has 0 radical (unpaired) electrons. The molecule has 0 saturated carbocycles. The lowest BCUT2D eigenvalue weighted by Crippen LogP contribution is -2.15. The van der Waals surface area contributed by atoms with Crippen LogP contribution in [0.5, 0.6) is 5.75 Å². The van der Waals surface area contributed by atoms with Gasteiger partial charge in [0, 0.05) is 0 Å². The first-order chi connectivity index (χ1) is 14.3. The zero-order valence-corrected chi connectivity index (χ0v) is 18.9. The van der Waals surface area contributed by atoms with Gasteiger partial charge in [0.1, 0.15) is 20.7 Å². The summed E-state index contributed by atoms with van der Waals surface area (Å²) < 4.78 is 31.2. The highest BCUT2D eigenvalue weighted by Crippen LogP contribution is 2.32. The van der Waals surface area contributed by atoms with Crippen LogP contribution in [0.15, 0.2) is 56.9 Å². The van der Waals surface area contributed by atoms with Gasteiger partial charge in [0.15, 0.2) is 5.16 Å². The fourth-order valence-corrected chi connectivity index (χ4v) is 5.85. The van der Waals surface area contributed by atoms with E-state index in [9.17, 15) is 13.2 Å². The molecule has 0 aliphatic heterocycles. The van der Waals surface area contributed by atoms with Gasteiger partial charge in [0.2, 0.25) is 15.7 Å². The maximum Gasteiger partial charge on any atom is 0.234 e. The molecule has 0 aliphatic carbocycles. The normalized spacial score (nSPS) is 11.3. The number of nitrogen functional groups attached to an aromatic ring is 1. The van der Waals surface area contributed by atoms with Gasteiger partial charge < -0.3 is 15.8 Å². The first kappa shape index (κ1) is 22.3. The van der Waals surface area contributed by atoms with Crippen LogP contribution in [0, 0.1) is 0 Å².